The molecule has 0 radical (unpaired) electrons. The van der Waals surface area contributed by atoms with Crippen molar-refractivity contribution in [1.29, 1.82) is 0 Å². The van der Waals surface area contributed by atoms with Gasteiger partial charge in [-0.2, -0.15) is 4.98 Å². The number of rotatable bonds is 19. The highest BCUT2D eigenvalue weighted by atomic mass is 16.5. The summed E-state index contributed by atoms with van der Waals surface area (Å²) in [7, 11) is 0. The van der Waals surface area contributed by atoms with Crippen LogP contribution >= 0.6 is 0 Å². The summed E-state index contributed by atoms with van der Waals surface area (Å²) in [4.78, 5) is 28.4. The van der Waals surface area contributed by atoms with Gasteiger partial charge in [-0.1, -0.05) is 96.8 Å². The van der Waals surface area contributed by atoms with Crippen LogP contribution in [0.25, 0.3) is 0 Å². The molecule has 2 rings (SSSR count). The van der Waals surface area contributed by atoms with E-state index in [2.05, 4.69) is 17.2 Å². The maximum absolute atomic E-state index is 12.3. The van der Waals surface area contributed by atoms with Crippen LogP contribution < -0.4 is 11.0 Å². The van der Waals surface area contributed by atoms with E-state index < -0.39 is 24.1 Å². The third kappa shape index (κ3) is 11.7. The third-order valence-corrected chi connectivity index (χ3v) is 6.80. The summed E-state index contributed by atoms with van der Waals surface area (Å²) in [5.41, 5.74) is -0.564. The molecule has 0 saturated carbocycles. The fraction of sp³-hybridized carbons (Fsp3) is 0.815. The van der Waals surface area contributed by atoms with Crippen molar-refractivity contribution in [3.63, 3.8) is 0 Å². The molecule has 1 saturated heterocycles. The zero-order chi connectivity index (χ0) is 25.3. The number of nitrogens with zero attached hydrogens (tertiary/aromatic N) is 2. The highest BCUT2D eigenvalue weighted by Gasteiger charge is 2.34. The van der Waals surface area contributed by atoms with Gasteiger partial charge in [-0.25, -0.2) is 4.79 Å². The summed E-state index contributed by atoms with van der Waals surface area (Å²) in [6, 6.07) is 1.55. The Morgan fingerprint density at radius 1 is 1.00 bits per heavy atom. The Morgan fingerprint density at radius 3 is 2.03 bits per heavy atom. The number of amides is 1. The molecule has 3 atom stereocenters. The van der Waals surface area contributed by atoms with Crippen LogP contribution in [0.5, 0.6) is 0 Å². The molecule has 8 heteroatoms. The molecule has 1 aromatic heterocycles. The van der Waals surface area contributed by atoms with E-state index in [0.29, 0.717) is 6.42 Å². The standard InChI is InChI=1S/C27H47N3O5/c1-2-3-4-5-6-7-8-9-10-11-12-13-14-15-16-17-25(33)28-24-18-19-30(27(34)29-24)26-20-22(32)23(21-31)35-26/h18-19,22-23,26,31-32H,2-17,20-21H2,1H3,(H,28,29,33,34)/t22-,23+,26+/m0/s1. The highest BCUT2D eigenvalue weighted by Crippen LogP contribution is 2.27. The second-order valence-corrected chi connectivity index (χ2v) is 9.87. The minimum absolute atomic E-state index is 0.141. The molecule has 200 valence electrons. The Kier molecular flexibility index (Phi) is 14.8. The number of hydrogen-bond donors (Lipinski definition) is 3. The van der Waals surface area contributed by atoms with Gasteiger partial charge in [0.25, 0.3) is 0 Å². The third-order valence-electron chi connectivity index (χ3n) is 6.80. The van der Waals surface area contributed by atoms with E-state index in [0.717, 1.165) is 19.3 Å². The van der Waals surface area contributed by atoms with Crippen LogP contribution in [-0.4, -0.2) is 44.5 Å². The molecule has 0 aliphatic carbocycles. The van der Waals surface area contributed by atoms with Gasteiger partial charge in [0.2, 0.25) is 5.91 Å². The zero-order valence-electron chi connectivity index (χ0n) is 21.6. The predicted octanol–water partition coefficient (Wildman–Crippen LogP) is 5.08. The number of anilines is 1. The maximum atomic E-state index is 12.3. The van der Waals surface area contributed by atoms with E-state index in [4.69, 9.17) is 4.74 Å². The van der Waals surface area contributed by atoms with Crippen molar-refractivity contribution in [1.82, 2.24) is 9.55 Å². The Morgan fingerprint density at radius 2 is 1.54 bits per heavy atom. The van der Waals surface area contributed by atoms with Crippen LogP contribution in [0.2, 0.25) is 0 Å². The average molecular weight is 494 g/mol. The van der Waals surface area contributed by atoms with Crippen molar-refractivity contribution in [2.75, 3.05) is 11.9 Å². The predicted molar refractivity (Wildman–Crippen MR) is 138 cm³/mol. The van der Waals surface area contributed by atoms with Crippen molar-refractivity contribution in [3.8, 4) is 0 Å². The second kappa shape index (κ2) is 17.6. The molecule has 1 aromatic rings. The van der Waals surface area contributed by atoms with Crippen LogP contribution in [0.4, 0.5) is 5.82 Å². The van der Waals surface area contributed by atoms with Crippen molar-refractivity contribution < 1.29 is 19.7 Å². The van der Waals surface area contributed by atoms with Gasteiger partial charge in [0, 0.05) is 19.0 Å². The van der Waals surface area contributed by atoms with Crippen LogP contribution in [-0.2, 0) is 9.53 Å². The van der Waals surface area contributed by atoms with Crippen molar-refractivity contribution >= 4 is 11.7 Å². The molecular weight excluding hydrogens is 446 g/mol. The summed E-state index contributed by atoms with van der Waals surface area (Å²) in [5, 5.41) is 21.7. The van der Waals surface area contributed by atoms with Crippen molar-refractivity contribution in [3.05, 3.63) is 22.7 Å². The summed E-state index contributed by atoms with van der Waals surface area (Å²) < 4.78 is 6.75. The Hall–Kier alpha value is -1.77. The molecule has 1 amide bonds. The summed E-state index contributed by atoms with van der Waals surface area (Å²) in [5.74, 6) is 0.0756. The zero-order valence-corrected chi connectivity index (χ0v) is 21.6. The first-order valence-corrected chi connectivity index (χ1v) is 13.9. The van der Waals surface area contributed by atoms with Crippen LogP contribution in [0, 0.1) is 0 Å². The number of aliphatic hydroxyl groups is 2. The lowest BCUT2D eigenvalue weighted by Gasteiger charge is -2.14. The van der Waals surface area contributed by atoms with Gasteiger partial charge in [-0.15, -0.1) is 0 Å². The monoisotopic (exact) mass is 493 g/mol. The summed E-state index contributed by atoms with van der Waals surface area (Å²) >= 11 is 0. The first-order valence-electron chi connectivity index (χ1n) is 13.9. The van der Waals surface area contributed by atoms with Crippen molar-refractivity contribution in [2.24, 2.45) is 0 Å². The van der Waals surface area contributed by atoms with E-state index >= 15 is 0 Å². The lowest BCUT2D eigenvalue weighted by Crippen LogP contribution is -2.28. The van der Waals surface area contributed by atoms with Crippen LogP contribution in [0.15, 0.2) is 17.1 Å². The van der Waals surface area contributed by atoms with Gasteiger partial charge >= 0.3 is 5.69 Å². The number of nitrogens with one attached hydrogen (secondary N) is 1. The van der Waals surface area contributed by atoms with E-state index in [-0.39, 0.29) is 24.8 Å². The second-order valence-electron chi connectivity index (χ2n) is 9.87. The molecular formula is C27H47N3O5. The quantitative estimate of drug-likeness (QED) is 0.232. The smallest absolute Gasteiger partial charge is 0.351 e. The van der Waals surface area contributed by atoms with E-state index in [9.17, 15) is 19.8 Å². The molecule has 0 spiro atoms. The van der Waals surface area contributed by atoms with E-state index in [1.54, 1.807) is 6.07 Å². The van der Waals surface area contributed by atoms with Crippen LogP contribution in [0.3, 0.4) is 0 Å². The first kappa shape index (κ1) is 29.5. The number of aliphatic hydroxyl groups excluding tert-OH is 2. The van der Waals surface area contributed by atoms with E-state index in [1.807, 2.05) is 0 Å². The van der Waals surface area contributed by atoms with Crippen molar-refractivity contribution in [2.45, 2.75) is 135 Å². The highest BCUT2D eigenvalue weighted by molar-refractivity contribution is 5.89. The van der Waals surface area contributed by atoms with Gasteiger partial charge in [-0.05, 0) is 12.5 Å². The molecule has 8 nitrogen and oxygen atoms in total. The number of carbonyl (C=O) groups is 1. The Balaban J connectivity index is 1.48. The molecule has 35 heavy (non-hydrogen) atoms. The fourth-order valence-corrected chi connectivity index (χ4v) is 4.61. The molecule has 0 unspecified atom stereocenters. The normalized spacial score (nSPS) is 19.8. The number of ether oxygens (including phenoxy) is 1. The number of unbranched alkanes of at least 4 members (excludes halogenated alkanes) is 14. The Labute approximate surface area is 210 Å². The average Bonchev–Trinajstić information content (AvgIpc) is 3.21. The molecule has 2 heterocycles. The minimum atomic E-state index is -0.828. The largest absolute Gasteiger partial charge is 0.394 e. The first-order chi connectivity index (χ1) is 17.0. The minimum Gasteiger partial charge on any atom is -0.394 e. The SMILES string of the molecule is CCCCCCCCCCCCCCCCCC(=O)Nc1ccn([C@H]2C[C@H](O)[C@@H](CO)O2)c(=O)n1. The van der Waals surface area contributed by atoms with Gasteiger partial charge in [0.15, 0.2) is 0 Å². The maximum Gasteiger partial charge on any atom is 0.351 e. The van der Waals surface area contributed by atoms with Crippen LogP contribution in [0.1, 0.15) is 122 Å². The van der Waals surface area contributed by atoms with Gasteiger partial charge in [0.05, 0.1) is 12.7 Å². The fourth-order valence-electron chi connectivity index (χ4n) is 4.61. The Bertz CT molecular complexity index is 769. The lowest BCUT2D eigenvalue weighted by molar-refractivity contribution is -0.116. The number of aromatic nitrogens is 2. The molecule has 3 N–H and O–H groups in total. The summed E-state index contributed by atoms with van der Waals surface area (Å²) in [6.07, 6.45) is 19.2. The van der Waals surface area contributed by atoms with Gasteiger partial charge in [-0.3, -0.25) is 9.36 Å². The lowest BCUT2D eigenvalue weighted by atomic mass is 10.0. The molecule has 0 bridgehead atoms. The number of hydrogen-bond acceptors (Lipinski definition) is 6. The summed E-state index contributed by atoms with van der Waals surface area (Å²) in [6.45, 7) is 1.95. The molecule has 0 aromatic carbocycles. The molecule has 1 fully saturated rings. The molecule has 1 aliphatic heterocycles. The molecule has 1 aliphatic rings. The van der Waals surface area contributed by atoms with E-state index in [1.165, 1.54) is 87.8 Å². The number of carbonyl (C=O) groups excluding carboxylic acids is 1. The van der Waals surface area contributed by atoms with Gasteiger partial charge < -0.3 is 20.3 Å². The topological polar surface area (TPSA) is 114 Å². The van der Waals surface area contributed by atoms with Gasteiger partial charge in [0.1, 0.15) is 18.1 Å².